The van der Waals surface area contributed by atoms with Gasteiger partial charge in [0.05, 0.1) is 28.9 Å². The van der Waals surface area contributed by atoms with Gasteiger partial charge in [0.1, 0.15) is 11.6 Å². The van der Waals surface area contributed by atoms with Crippen LogP contribution in [0.25, 0.3) is 11.1 Å². The lowest BCUT2D eigenvalue weighted by Gasteiger charge is -2.19. The Labute approximate surface area is 142 Å². The number of nitrogen functional groups attached to an aromatic ring is 1. The van der Waals surface area contributed by atoms with E-state index in [1.54, 1.807) is 0 Å². The Morgan fingerprint density at radius 1 is 1.29 bits per heavy atom. The number of anilines is 1. The van der Waals surface area contributed by atoms with Gasteiger partial charge in [-0.3, -0.25) is 9.63 Å². The van der Waals surface area contributed by atoms with Crippen LogP contribution in [-0.4, -0.2) is 25.1 Å². The van der Waals surface area contributed by atoms with Crippen LogP contribution in [0.4, 0.5) is 14.5 Å². The third-order valence-corrected chi connectivity index (χ3v) is 3.70. The molecule has 0 bridgehead atoms. The summed E-state index contributed by atoms with van der Waals surface area (Å²) in [7, 11) is 2.66. The largest absolute Gasteiger partial charge is 0.397 e. The number of carbonyl (C=O) groups is 1. The van der Waals surface area contributed by atoms with Gasteiger partial charge in [-0.25, -0.2) is 13.8 Å². The number of terminal acetylenes is 1. The Morgan fingerprint density at radius 2 is 1.88 bits per heavy atom. The predicted octanol–water partition coefficient (Wildman–Crippen LogP) is 3.48. The molecule has 2 aromatic carbocycles. The van der Waals surface area contributed by atoms with E-state index in [-0.39, 0.29) is 33.0 Å². The molecule has 0 aliphatic carbocycles. The molecule has 2 rings (SSSR count). The molecule has 0 radical (unpaired) electrons. The van der Waals surface area contributed by atoms with Gasteiger partial charge in [-0.1, -0.05) is 17.5 Å². The molecule has 0 heterocycles. The van der Waals surface area contributed by atoms with Crippen LogP contribution < -0.4 is 5.73 Å². The first kappa shape index (κ1) is 17.7. The lowest BCUT2D eigenvalue weighted by Crippen LogP contribution is -2.26. The summed E-state index contributed by atoms with van der Waals surface area (Å²) in [5.41, 5.74) is 6.28. The summed E-state index contributed by atoms with van der Waals surface area (Å²) in [4.78, 5) is 17.3. The fourth-order valence-electron chi connectivity index (χ4n) is 2.25. The van der Waals surface area contributed by atoms with Crippen molar-refractivity contribution in [2.75, 3.05) is 19.9 Å². The number of hydroxylamine groups is 2. The third-order valence-electron chi connectivity index (χ3n) is 3.40. The van der Waals surface area contributed by atoms with Crippen molar-refractivity contribution in [3.63, 3.8) is 0 Å². The van der Waals surface area contributed by atoms with E-state index in [0.29, 0.717) is 6.07 Å². The maximum absolute atomic E-state index is 13.6. The first-order chi connectivity index (χ1) is 11.3. The fourth-order valence-corrected chi connectivity index (χ4v) is 2.51. The lowest BCUT2D eigenvalue weighted by molar-refractivity contribution is -0.0756. The van der Waals surface area contributed by atoms with Gasteiger partial charge in [-0.2, -0.15) is 0 Å². The third kappa shape index (κ3) is 3.18. The van der Waals surface area contributed by atoms with E-state index in [1.807, 2.05) is 0 Å². The molecule has 0 spiro atoms. The lowest BCUT2D eigenvalue weighted by atomic mass is 9.94. The molecular formula is C17H13ClF2N2O2. The van der Waals surface area contributed by atoms with E-state index in [2.05, 4.69) is 5.92 Å². The summed E-state index contributed by atoms with van der Waals surface area (Å²) < 4.78 is 27.2. The van der Waals surface area contributed by atoms with Crippen LogP contribution in [0.15, 0.2) is 24.3 Å². The molecule has 0 atom stereocenters. The summed E-state index contributed by atoms with van der Waals surface area (Å²) in [6, 6.07) is 4.10. The number of carbonyl (C=O) groups excluding carboxylic acids is 1. The molecule has 2 N–H and O–H groups in total. The van der Waals surface area contributed by atoms with Crippen molar-refractivity contribution in [1.82, 2.24) is 5.06 Å². The van der Waals surface area contributed by atoms with E-state index in [9.17, 15) is 13.6 Å². The van der Waals surface area contributed by atoms with Gasteiger partial charge < -0.3 is 5.73 Å². The molecule has 0 aromatic heterocycles. The molecule has 2 aromatic rings. The number of benzene rings is 2. The van der Waals surface area contributed by atoms with Crippen LogP contribution in [-0.2, 0) is 4.84 Å². The first-order valence-corrected chi connectivity index (χ1v) is 7.05. The Bertz CT molecular complexity index is 842. The zero-order valence-corrected chi connectivity index (χ0v) is 13.6. The Kier molecular flexibility index (Phi) is 5.07. The number of hydrogen-bond donors (Lipinski definition) is 1. The Balaban J connectivity index is 2.85. The van der Waals surface area contributed by atoms with Crippen LogP contribution >= 0.6 is 11.6 Å². The van der Waals surface area contributed by atoms with E-state index < -0.39 is 17.5 Å². The second-order valence-corrected chi connectivity index (χ2v) is 5.26. The van der Waals surface area contributed by atoms with Crippen molar-refractivity contribution >= 4 is 23.2 Å². The summed E-state index contributed by atoms with van der Waals surface area (Å²) in [6.45, 7) is 0. The van der Waals surface area contributed by atoms with Crippen LogP contribution in [0.3, 0.4) is 0 Å². The van der Waals surface area contributed by atoms with Gasteiger partial charge >= 0.3 is 0 Å². The molecule has 0 saturated heterocycles. The van der Waals surface area contributed by atoms with E-state index in [1.165, 1.54) is 20.2 Å². The van der Waals surface area contributed by atoms with Crippen LogP contribution in [0.5, 0.6) is 0 Å². The minimum Gasteiger partial charge on any atom is -0.397 e. The number of halogens is 3. The second kappa shape index (κ2) is 6.87. The zero-order valence-electron chi connectivity index (χ0n) is 12.9. The number of nitrogens with two attached hydrogens (primary N) is 1. The quantitative estimate of drug-likeness (QED) is 0.524. The average Bonchev–Trinajstić information content (AvgIpc) is 2.52. The van der Waals surface area contributed by atoms with Crippen molar-refractivity contribution in [3.8, 4) is 23.5 Å². The topological polar surface area (TPSA) is 55.6 Å². The fraction of sp³-hybridized carbons (Fsp3) is 0.118. The molecule has 4 nitrogen and oxygen atoms in total. The molecule has 0 fully saturated rings. The van der Waals surface area contributed by atoms with Gasteiger partial charge in [0, 0.05) is 18.7 Å². The summed E-state index contributed by atoms with van der Waals surface area (Å²) >= 11 is 6.07. The van der Waals surface area contributed by atoms with Crippen molar-refractivity contribution < 1.29 is 18.4 Å². The van der Waals surface area contributed by atoms with Crippen molar-refractivity contribution in [2.45, 2.75) is 0 Å². The summed E-state index contributed by atoms with van der Waals surface area (Å²) in [6.07, 6.45) is 5.39. The Hall–Kier alpha value is -2.62. The van der Waals surface area contributed by atoms with Gasteiger partial charge in [0.25, 0.3) is 5.91 Å². The number of rotatable bonds is 3. The standard InChI is InChI=1S/C17H13ClF2N2O2/c1-4-12-14(18)8-13(17(23)22(2)24-3)15(16(12)21)9-5-10(19)7-11(20)6-9/h1,5-8H,21H2,2-3H3. The monoisotopic (exact) mass is 350 g/mol. The molecule has 0 saturated carbocycles. The zero-order chi connectivity index (χ0) is 18.0. The van der Waals surface area contributed by atoms with Crippen LogP contribution in [0.1, 0.15) is 15.9 Å². The maximum atomic E-state index is 13.6. The van der Waals surface area contributed by atoms with Gasteiger partial charge in [0.2, 0.25) is 0 Å². The smallest absolute Gasteiger partial charge is 0.277 e. The van der Waals surface area contributed by atoms with Gasteiger partial charge in [-0.15, -0.1) is 6.42 Å². The highest BCUT2D eigenvalue weighted by atomic mass is 35.5. The minimum atomic E-state index is -0.819. The minimum absolute atomic E-state index is 0.00542. The molecule has 0 unspecified atom stereocenters. The second-order valence-electron chi connectivity index (χ2n) is 4.86. The summed E-state index contributed by atoms with van der Waals surface area (Å²) in [5.74, 6) is 0.0705. The molecule has 1 amide bonds. The maximum Gasteiger partial charge on any atom is 0.277 e. The first-order valence-electron chi connectivity index (χ1n) is 6.67. The highest BCUT2D eigenvalue weighted by Crippen LogP contribution is 2.37. The van der Waals surface area contributed by atoms with Crippen molar-refractivity contribution in [2.24, 2.45) is 0 Å². The molecule has 0 aliphatic heterocycles. The Morgan fingerprint density at radius 3 is 2.38 bits per heavy atom. The average molecular weight is 351 g/mol. The summed E-state index contributed by atoms with van der Waals surface area (Å²) in [5, 5.41) is 1.00. The number of nitrogens with zero attached hydrogens (tertiary/aromatic N) is 1. The van der Waals surface area contributed by atoms with Crippen molar-refractivity contribution in [3.05, 3.63) is 52.0 Å². The van der Waals surface area contributed by atoms with E-state index in [4.69, 9.17) is 28.6 Å². The van der Waals surface area contributed by atoms with E-state index in [0.717, 1.165) is 17.2 Å². The molecule has 24 heavy (non-hydrogen) atoms. The highest BCUT2D eigenvalue weighted by molar-refractivity contribution is 6.33. The number of hydrogen-bond acceptors (Lipinski definition) is 3. The molecule has 7 heteroatoms. The van der Waals surface area contributed by atoms with E-state index >= 15 is 0 Å². The van der Waals surface area contributed by atoms with Crippen molar-refractivity contribution in [1.29, 1.82) is 0 Å². The normalized spacial score (nSPS) is 10.3. The molecular weight excluding hydrogens is 338 g/mol. The number of amides is 1. The van der Waals surface area contributed by atoms with Gasteiger partial charge in [-0.05, 0) is 23.8 Å². The van der Waals surface area contributed by atoms with Crippen LogP contribution in [0, 0.1) is 24.0 Å². The molecule has 124 valence electrons. The SMILES string of the molecule is C#Cc1c(Cl)cc(C(=O)N(C)OC)c(-c2cc(F)cc(F)c2)c1N. The van der Waals surface area contributed by atoms with Crippen LogP contribution in [0.2, 0.25) is 5.02 Å². The highest BCUT2D eigenvalue weighted by Gasteiger charge is 2.23. The molecule has 0 aliphatic rings. The van der Waals surface area contributed by atoms with Gasteiger partial charge in [0.15, 0.2) is 0 Å². The predicted molar refractivity (Wildman–Crippen MR) is 88.3 cm³/mol.